The smallest absolute Gasteiger partial charge is 0.318 e. The molecule has 0 radical (unpaired) electrons. The lowest BCUT2D eigenvalue weighted by atomic mass is 10.2. The van der Waals surface area contributed by atoms with Gasteiger partial charge in [0.1, 0.15) is 18.1 Å². The van der Waals surface area contributed by atoms with Gasteiger partial charge in [-0.25, -0.2) is 4.39 Å². The zero-order valence-electron chi connectivity index (χ0n) is 19.0. The number of rotatable bonds is 8. The molecule has 1 N–H and O–H groups in total. The van der Waals surface area contributed by atoms with Crippen LogP contribution in [0.1, 0.15) is 5.56 Å². The average molecular weight is 538 g/mol. The van der Waals surface area contributed by atoms with Crippen LogP contribution in [0.3, 0.4) is 0 Å². The van der Waals surface area contributed by atoms with Crippen LogP contribution in [0, 0.1) is 26.0 Å². The zero-order valence-corrected chi connectivity index (χ0v) is 19.8. The minimum atomic E-state index is -0.800. The van der Waals surface area contributed by atoms with Crippen molar-refractivity contribution in [1.29, 1.82) is 0 Å². The van der Waals surface area contributed by atoms with Crippen molar-refractivity contribution in [3.05, 3.63) is 103 Å². The molecule has 1 aliphatic rings. The summed E-state index contributed by atoms with van der Waals surface area (Å²) in [7, 11) is 0. The van der Waals surface area contributed by atoms with Gasteiger partial charge in [-0.3, -0.25) is 39.5 Å². The number of thioether (sulfide) groups is 1. The monoisotopic (exact) mass is 538 g/mol. The van der Waals surface area contributed by atoms with E-state index in [1.165, 1.54) is 48.5 Å². The van der Waals surface area contributed by atoms with Crippen LogP contribution >= 0.6 is 11.8 Å². The minimum Gasteiger partial charge on any atom is -0.450 e. The second kappa shape index (κ2) is 10.9. The Kier molecular flexibility index (Phi) is 7.43. The minimum absolute atomic E-state index is 0.0632. The Hall–Kier alpha value is -5.11. The SMILES string of the molecule is O=C(CN1C(=O)S/C(=C/c2ccc(Oc3ccc([N+](=O)[O-])cc3[N+](=O)[O-])cc2)C1=O)Nc1cccc(F)c1. The molecule has 1 fully saturated rings. The number of non-ortho nitro benzene ring substituents is 1. The van der Waals surface area contributed by atoms with Gasteiger partial charge in [0.2, 0.25) is 11.7 Å². The van der Waals surface area contributed by atoms with Crippen molar-refractivity contribution in [2.45, 2.75) is 0 Å². The van der Waals surface area contributed by atoms with Crippen molar-refractivity contribution in [3.8, 4) is 11.5 Å². The number of halogens is 1. The standard InChI is InChI=1S/C24H15FN4O8S/c25-15-2-1-3-16(11-15)26-22(30)13-27-23(31)21(38-24(27)32)10-14-4-7-18(8-5-14)37-20-9-6-17(28(33)34)12-19(20)29(35)36/h1-12H,13H2,(H,26,30)/b21-10+. The van der Waals surface area contributed by atoms with Crippen LogP contribution in [0.2, 0.25) is 0 Å². The summed E-state index contributed by atoms with van der Waals surface area (Å²) in [5.41, 5.74) is -0.373. The van der Waals surface area contributed by atoms with E-state index in [0.717, 1.165) is 29.2 Å². The lowest BCUT2D eigenvalue weighted by Gasteiger charge is -2.12. The summed E-state index contributed by atoms with van der Waals surface area (Å²) >= 11 is 0.640. The number of carbonyl (C=O) groups is 3. The molecule has 0 spiro atoms. The average Bonchev–Trinajstić information content (AvgIpc) is 3.12. The van der Waals surface area contributed by atoms with Crippen molar-refractivity contribution < 1.29 is 33.4 Å². The number of nitrogens with zero attached hydrogens (tertiary/aromatic N) is 3. The van der Waals surface area contributed by atoms with Gasteiger partial charge in [-0.2, -0.15) is 0 Å². The number of nitrogens with one attached hydrogen (secondary N) is 1. The first-order chi connectivity index (χ1) is 18.1. The third kappa shape index (κ3) is 5.99. The van der Waals surface area contributed by atoms with Gasteiger partial charge in [-0.1, -0.05) is 18.2 Å². The van der Waals surface area contributed by atoms with Crippen LogP contribution in [0.4, 0.5) is 26.2 Å². The Bertz CT molecular complexity index is 1510. The second-order valence-electron chi connectivity index (χ2n) is 7.66. The first-order valence-corrected chi connectivity index (χ1v) is 11.4. The van der Waals surface area contributed by atoms with Crippen LogP contribution in [0.25, 0.3) is 6.08 Å². The molecule has 3 aromatic rings. The largest absolute Gasteiger partial charge is 0.450 e. The summed E-state index contributed by atoms with van der Waals surface area (Å²) < 4.78 is 18.8. The molecule has 4 rings (SSSR count). The predicted octanol–water partition coefficient (Wildman–Crippen LogP) is 5.11. The fourth-order valence-corrected chi connectivity index (χ4v) is 4.14. The molecule has 12 nitrogen and oxygen atoms in total. The number of amides is 3. The third-order valence-corrected chi connectivity index (χ3v) is 5.95. The van der Waals surface area contributed by atoms with Crippen molar-refractivity contribution in [1.82, 2.24) is 4.90 Å². The van der Waals surface area contributed by atoms with Crippen molar-refractivity contribution >= 4 is 52.0 Å². The van der Waals surface area contributed by atoms with Crippen LogP contribution in [-0.2, 0) is 9.59 Å². The molecule has 0 aliphatic carbocycles. The molecule has 1 heterocycles. The number of hydrogen-bond acceptors (Lipinski definition) is 9. The molecule has 3 amide bonds. The van der Waals surface area contributed by atoms with Gasteiger partial charge in [-0.15, -0.1) is 0 Å². The topological polar surface area (TPSA) is 162 Å². The highest BCUT2D eigenvalue weighted by atomic mass is 32.2. The molecular weight excluding hydrogens is 523 g/mol. The number of carbonyl (C=O) groups excluding carboxylic acids is 3. The van der Waals surface area contributed by atoms with Gasteiger partial charge in [-0.05, 0) is 59.8 Å². The molecule has 1 saturated heterocycles. The molecule has 0 unspecified atom stereocenters. The van der Waals surface area contributed by atoms with Gasteiger partial charge < -0.3 is 10.1 Å². The maximum absolute atomic E-state index is 13.3. The number of nitro groups is 2. The first-order valence-electron chi connectivity index (χ1n) is 10.6. The van der Waals surface area contributed by atoms with Crippen LogP contribution < -0.4 is 10.1 Å². The van der Waals surface area contributed by atoms with E-state index in [0.29, 0.717) is 17.3 Å². The van der Waals surface area contributed by atoms with E-state index in [2.05, 4.69) is 5.32 Å². The van der Waals surface area contributed by atoms with E-state index in [-0.39, 0.29) is 22.1 Å². The summed E-state index contributed by atoms with van der Waals surface area (Å²) in [6, 6.07) is 14.1. The number of anilines is 1. The van der Waals surface area contributed by atoms with Gasteiger partial charge in [0.15, 0.2) is 0 Å². The number of imide groups is 1. The molecule has 0 atom stereocenters. The first kappa shape index (κ1) is 26.0. The van der Waals surface area contributed by atoms with Crippen molar-refractivity contribution in [2.24, 2.45) is 0 Å². The summed E-state index contributed by atoms with van der Waals surface area (Å²) in [4.78, 5) is 58.7. The van der Waals surface area contributed by atoms with E-state index in [4.69, 9.17) is 4.74 Å². The number of ether oxygens (including phenoxy) is 1. The Labute approximate surface area is 217 Å². The van der Waals surface area contributed by atoms with Crippen molar-refractivity contribution in [2.75, 3.05) is 11.9 Å². The maximum atomic E-state index is 13.3. The molecule has 1 aliphatic heterocycles. The van der Waals surface area contributed by atoms with Gasteiger partial charge >= 0.3 is 5.69 Å². The quantitative estimate of drug-likeness (QED) is 0.233. The molecule has 0 bridgehead atoms. The van der Waals surface area contributed by atoms with Gasteiger partial charge in [0, 0.05) is 11.8 Å². The lowest BCUT2D eigenvalue weighted by Crippen LogP contribution is -2.36. The zero-order chi connectivity index (χ0) is 27.4. The lowest BCUT2D eigenvalue weighted by molar-refractivity contribution is -0.394. The molecule has 14 heteroatoms. The van der Waals surface area contributed by atoms with Gasteiger partial charge in [0.05, 0.1) is 20.8 Å². The Morgan fingerprint density at radius 3 is 2.42 bits per heavy atom. The molecule has 192 valence electrons. The molecule has 0 aromatic heterocycles. The van der Waals surface area contributed by atoms with E-state index in [1.807, 2.05) is 0 Å². The van der Waals surface area contributed by atoms with E-state index < -0.39 is 50.6 Å². The predicted molar refractivity (Wildman–Crippen MR) is 134 cm³/mol. The van der Waals surface area contributed by atoms with Crippen molar-refractivity contribution in [3.63, 3.8) is 0 Å². The Morgan fingerprint density at radius 2 is 1.76 bits per heavy atom. The molecule has 3 aromatic carbocycles. The Balaban J connectivity index is 1.43. The van der Waals surface area contributed by atoms with Gasteiger partial charge in [0.25, 0.3) is 16.8 Å². The summed E-state index contributed by atoms with van der Waals surface area (Å²) in [5, 5.41) is 23.9. The van der Waals surface area contributed by atoms with E-state index in [9.17, 15) is 39.0 Å². The second-order valence-corrected chi connectivity index (χ2v) is 8.66. The normalized spacial score (nSPS) is 14.0. The highest BCUT2D eigenvalue weighted by molar-refractivity contribution is 8.18. The van der Waals surface area contributed by atoms with E-state index in [1.54, 1.807) is 0 Å². The fourth-order valence-electron chi connectivity index (χ4n) is 3.31. The highest BCUT2D eigenvalue weighted by Crippen LogP contribution is 2.35. The van der Waals surface area contributed by atoms with Crippen LogP contribution in [0.5, 0.6) is 11.5 Å². The van der Waals surface area contributed by atoms with Crippen LogP contribution in [0.15, 0.2) is 71.6 Å². The van der Waals surface area contributed by atoms with Crippen LogP contribution in [-0.4, -0.2) is 38.3 Å². The maximum Gasteiger partial charge on any atom is 0.318 e. The van der Waals surface area contributed by atoms with E-state index >= 15 is 0 Å². The number of benzene rings is 3. The third-order valence-electron chi connectivity index (χ3n) is 5.04. The molecule has 0 saturated carbocycles. The molecular formula is C24H15FN4O8S. The molecule has 38 heavy (non-hydrogen) atoms. The number of nitro benzene ring substituents is 2. The highest BCUT2D eigenvalue weighted by Gasteiger charge is 2.36. The summed E-state index contributed by atoms with van der Waals surface area (Å²) in [5.74, 6) is -1.94. The number of hydrogen-bond donors (Lipinski definition) is 1. The Morgan fingerprint density at radius 1 is 1.03 bits per heavy atom. The summed E-state index contributed by atoms with van der Waals surface area (Å²) in [6.07, 6.45) is 1.42. The fraction of sp³-hybridized carbons (Fsp3) is 0.0417. The summed E-state index contributed by atoms with van der Waals surface area (Å²) in [6.45, 7) is -0.556.